The van der Waals surface area contributed by atoms with Crippen molar-refractivity contribution in [2.45, 2.75) is 44.0 Å². The molecule has 3 rings (SSSR count). The fourth-order valence-corrected chi connectivity index (χ4v) is 3.58. The summed E-state index contributed by atoms with van der Waals surface area (Å²) in [5.74, 6) is 0.997. The van der Waals surface area contributed by atoms with Gasteiger partial charge in [0.2, 0.25) is 11.1 Å². The van der Waals surface area contributed by atoms with Crippen molar-refractivity contribution >= 4 is 23.4 Å². The number of methoxy groups -OCH3 is 1. The van der Waals surface area contributed by atoms with Crippen LogP contribution in [0.15, 0.2) is 47.6 Å². The number of thioether (sulfide) groups is 1. The second-order valence-corrected chi connectivity index (χ2v) is 8.38. The Morgan fingerprint density at radius 1 is 1.14 bits per heavy atom. The Kier molecular flexibility index (Phi) is 6.53. The van der Waals surface area contributed by atoms with Gasteiger partial charge in [0.15, 0.2) is 0 Å². The topological polar surface area (TPSA) is 81.9 Å². The third-order valence-corrected chi connectivity index (χ3v) is 5.53. The summed E-state index contributed by atoms with van der Waals surface area (Å²) in [5, 5.41) is 15.0. The largest absolute Gasteiger partial charge is 0.494 e. The van der Waals surface area contributed by atoms with Gasteiger partial charge < -0.3 is 10.1 Å². The average Bonchev–Trinajstić information content (AvgIpc) is 3.16. The summed E-state index contributed by atoms with van der Waals surface area (Å²) in [5.41, 5.74) is 3.79. The molecular formula is C21H25N5O2S. The lowest BCUT2D eigenvalue weighted by atomic mass is 10.0. The van der Waals surface area contributed by atoms with Crippen molar-refractivity contribution in [3.8, 4) is 11.4 Å². The molecule has 0 bridgehead atoms. The number of ether oxygens (including phenoxy) is 1. The van der Waals surface area contributed by atoms with Crippen molar-refractivity contribution < 1.29 is 9.53 Å². The molecule has 0 saturated carbocycles. The summed E-state index contributed by atoms with van der Waals surface area (Å²) in [4.78, 5) is 12.6. The van der Waals surface area contributed by atoms with Gasteiger partial charge in [-0.3, -0.25) is 4.79 Å². The molecule has 1 aromatic heterocycles. The van der Waals surface area contributed by atoms with Gasteiger partial charge in [-0.1, -0.05) is 43.8 Å². The van der Waals surface area contributed by atoms with Gasteiger partial charge in [0.1, 0.15) is 11.4 Å². The molecule has 0 aliphatic carbocycles. The van der Waals surface area contributed by atoms with Gasteiger partial charge in [-0.2, -0.15) is 4.68 Å². The van der Waals surface area contributed by atoms with Gasteiger partial charge in [0.25, 0.3) is 0 Å². The van der Waals surface area contributed by atoms with Crippen LogP contribution in [0.25, 0.3) is 5.69 Å². The molecule has 0 saturated heterocycles. The molecule has 0 aliphatic heterocycles. The second kappa shape index (κ2) is 9.09. The van der Waals surface area contributed by atoms with Crippen LogP contribution in [-0.4, -0.2) is 38.5 Å². The van der Waals surface area contributed by atoms with E-state index in [9.17, 15) is 4.79 Å². The highest BCUT2D eigenvalue weighted by Crippen LogP contribution is 2.29. The van der Waals surface area contributed by atoms with Gasteiger partial charge in [-0.15, -0.1) is 5.10 Å². The molecule has 1 heterocycles. The zero-order chi connectivity index (χ0) is 21.0. The smallest absolute Gasteiger partial charge is 0.237 e. The maximum atomic E-state index is 12.6. The Bertz CT molecular complexity index is 985. The molecule has 3 aromatic rings. The molecule has 0 unspecified atom stereocenters. The summed E-state index contributed by atoms with van der Waals surface area (Å²) in [6.45, 7) is 8.09. The van der Waals surface area contributed by atoms with Crippen molar-refractivity contribution in [2.75, 3.05) is 12.4 Å². The number of amides is 1. The number of tetrazole rings is 1. The van der Waals surface area contributed by atoms with Crippen molar-refractivity contribution in [3.63, 3.8) is 0 Å². The molecule has 2 aromatic carbocycles. The van der Waals surface area contributed by atoms with E-state index >= 15 is 0 Å². The molecule has 29 heavy (non-hydrogen) atoms. The zero-order valence-corrected chi connectivity index (χ0v) is 18.0. The van der Waals surface area contributed by atoms with Crippen molar-refractivity contribution in [1.82, 2.24) is 20.2 Å². The Balaban J connectivity index is 1.73. The lowest BCUT2D eigenvalue weighted by Crippen LogP contribution is -2.23. The van der Waals surface area contributed by atoms with Gasteiger partial charge >= 0.3 is 0 Å². The number of hydrogen-bond donors (Lipinski definition) is 1. The van der Waals surface area contributed by atoms with Crippen molar-refractivity contribution in [1.29, 1.82) is 0 Å². The molecule has 1 atom stereocenters. The number of carbonyl (C=O) groups is 1. The van der Waals surface area contributed by atoms with E-state index in [1.165, 1.54) is 17.3 Å². The van der Waals surface area contributed by atoms with Crippen molar-refractivity contribution in [2.24, 2.45) is 0 Å². The number of aromatic nitrogens is 4. The molecule has 0 spiro atoms. The fourth-order valence-electron chi connectivity index (χ4n) is 2.78. The first-order valence-corrected chi connectivity index (χ1v) is 10.3. The number of anilines is 1. The number of rotatable bonds is 7. The van der Waals surface area contributed by atoms with Gasteiger partial charge in [0.05, 0.1) is 12.4 Å². The molecular weight excluding hydrogens is 386 g/mol. The molecule has 1 N–H and O–H groups in total. The maximum Gasteiger partial charge on any atom is 0.237 e. The van der Waals surface area contributed by atoms with Crippen LogP contribution in [0.1, 0.15) is 37.8 Å². The Hall–Kier alpha value is -2.87. The normalized spacial score (nSPS) is 12.1. The zero-order valence-electron chi connectivity index (χ0n) is 17.2. The van der Waals surface area contributed by atoms with Gasteiger partial charge in [0, 0.05) is 5.69 Å². The quantitative estimate of drug-likeness (QED) is 0.586. The number of hydrogen-bond acceptors (Lipinski definition) is 6. The van der Waals surface area contributed by atoms with Crippen LogP contribution < -0.4 is 10.1 Å². The van der Waals surface area contributed by atoms with Crippen LogP contribution >= 0.6 is 11.8 Å². The molecule has 152 valence electrons. The highest BCUT2D eigenvalue weighted by Gasteiger charge is 2.21. The predicted octanol–water partition coefficient (Wildman–Crippen LogP) is 4.22. The van der Waals surface area contributed by atoms with E-state index in [2.05, 4.69) is 34.7 Å². The van der Waals surface area contributed by atoms with E-state index in [1.807, 2.05) is 56.3 Å². The first-order chi connectivity index (χ1) is 13.9. The van der Waals surface area contributed by atoms with E-state index < -0.39 is 0 Å². The molecule has 7 nitrogen and oxygen atoms in total. The third-order valence-electron chi connectivity index (χ3n) is 4.50. The number of nitrogens with zero attached hydrogens (tertiary/aromatic N) is 4. The Morgan fingerprint density at radius 2 is 1.86 bits per heavy atom. The van der Waals surface area contributed by atoms with Gasteiger partial charge in [-0.25, -0.2) is 0 Å². The minimum atomic E-state index is -0.389. The SMILES string of the molecule is COc1ccc(C)cc1-n1nnnc1S[C@H](C)C(=O)Nc1ccc(C(C)C)cc1. The summed E-state index contributed by atoms with van der Waals surface area (Å²) in [7, 11) is 1.60. The number of aryl methyl sites for hydroxylation is 1. The Labute approximate surface area is 174 Å². The van der Waals surface area contributed by atoms with Crippen LogP contribution in [-0.2, 0) is 4.79 Å². The summed E-state index contributed by atoms with van der Waals surface area (Å²) in [6, 6.07) is 13.7. The number of carbonyl (C=O) groups excluding carboxylic acids is 1. The van der Waals surface area contributed by atoms with Crippen LogP contribution in [0.4, 0.5) is 5.69 Å². The van der Waals surface area contributed by atoms with E-state index in [0.29, 0.717) is 16.8 Å². The summed E-state index contributed by atoms with van der Waals surface area (Å²) >= 11 is 1.29. The maximum absolute atomic E-state index is 12.6. The highest BCUT2D eigenvalue weighted by atomic mass is 32.2. The van der Waals surface area contributed by atoms with E-state index in [1.54, 1.807) is 11.8 Å². The average molecular weight is 412 g/mol. The monoisotopic (exact) mass is 411 g/mol. The Morgan fingerprint density at radius 3 is 2.52 bits per heavy atom. The summed E-state index contributed by atoms with van der Waals surface area (Å²) < 4.78 is 7.03. The molecule has 8 heteroatoms. The van der Waals surface area contributed by atoms with Gasteiger partial charge in [-0.05, 0) is 65.6 Å². The first kappa shape index (κ1) is 20.9. The lowest BCUT2D eigenvalue weighted by molar-refractivity contribution is -0.115. The predicted molar refractivity (Wildman–Crippen MR) is 115 cm³/mol. The first-order valence-electron chi connectivity index (χ1n) is 9.40. The second-order valence-electron chi connectivity index (χ2n) is 7.07. The third kappa shape index (κ3) is 4.95. The highest BCUT2D eigenvalue weighted by molar-refractivity contribution is 8.00. The van der Waals surface area contributed by atoms with E-state index in [0.717, 1.165) is 16.9 Å². The van der Waals surface area contributed by atoms with E-state index in [4.69, 9.17) is 4.74 Å². The number of benzene rings is 2. The fraction of sp³-hybridized carbons (Fsp3) is 0.333. The van der Waals surface area contributed by atoms with Crippen LogP contribution in [0.5, 0.6) is 5.75 Å². The van der Waals surface area contributed by atoms with Crippen molar-refractivity contribution in [3.05, 3.63) is 53.6 Å². The van der Waals surface area contributed by atoms with E-state index in [-0.39, 0.29) is 11.2 Å². The molecule has 0 aliphatic rings. The summed E-state index contributed by atoms with van der Waals surface area (Å²) in [6.07, 6.45) is 0. The van der Waals surface area contributed by atoms with Crippen LogP contribution in [0.3, 0.4) is 0 Å². The minimum Gasteiger partial charge on any atom is -0.494 e. The molecule has 0 radical (unpaired) electrons. The minimum absolute atomic E-state index is 0.113. The van der Waals surface area contributed by atoms with Crippen LogP contribution in [0.2, 0.25) is 0 Å². The standard InChI is InChI=1S/C21H25N5O2S/c1-13(2)16-7-9-17(10-8-16)22-20(27)15(4)29-21-23-24-25-26(21)18-12-14(3)6-11-19(18)28-5/h6-13,15H,1-5H3,(H,22,27)/t15-/m1/s1. The molecule has 0 fully saturated rings. The van der Waals surface area contributed by atoms with Crippen LogP contribution in [0, 0.1) is 6.92 Å². The number of nitrogens with one attached hydrogen (secondary N) is 1. The lowest BCUT2D eigenvalue weighted by Gasteiger charge is -2.14. The molecule has 1 amide bonds.